The van der Waals surface area contributed by atoms with Crippen LogP contribution in [0, 0.1) is 0 Å². The fraction of sp³-hybridized carbons (Fsp3) is 0.222. The van der Waals surface area contributed by atoms with Gasteiger partial charge < -0.3 is 4.90 Å². The lowest BCUT2D eigenvalue weighted by Gasteiger charge is -2.00. The molecule has 0 bridgehead atoms. The third kappa shape index (κ3) is 3.44. The maximum Gasteiger partial charge on any atom is 0.0988 e. The van der Waals surface area contributed by atoms with Crippen LogP contribution in [0.4, 0.5) is 0 Å². The molecule has 0 fully saturated rings. The highest BCUT2D eigenvalue weighted by Gasteiger charge is 1.87. The van der Waals surface area contributed by atoms with Gasteiger partial charge in [0.1, 0.15) is 0 Å². The number of hydrogen-bond acceptors (Lipinski definition) is 2. The van der Waals surface area contributed by atoms with E-state index in [0.29, 0.717) is 0 Å². The monoisotopic (exact) mass is 180 g/mol. The van der Waals surface area contributed by atoms with Crippen molar-refractivity contribution in [2.24, 2.45) is 4.40 Å². The van der Waals surface area contributed by atoms with Crippen molar-refractivity contribution in [3.05, 3.63) is 30.3 Å². The fourth-order valence-corrected chi connectivity index (χ4v) is 1.30. The maximum absolute atomic E-state index is 4.16. The molecular formula is C9H12N2S. The quantitative estimate of drug-likeness (QED) is 0.403. The van der Waals surface area contributed by atoms with Crippen LogP contribution in [0.5, 0.6) is 0 Å². The summed E-state index contributed by atoms with van der Waals surface area (Å²) in [7, 11) is 3.91. The molecule has 3 heteroatoms. The second kappa shape index (κ2) is 4.83. The highest BCUT2D eigenvalue weighted by Crippen LogP contribution is 2.16. The summed E-state index contributed by atoms with van der Waals surface area (Å²) in [6.45, 7) is 0. The average molecular weight is 180 g/mol. The summed E-state index contributed by atoms with van der Waals surface area (Å²) in [5.74, 6) is 0. The van der Waals surface area contributed by atoms with Gasteiger partial charge in [0.15, 0.2) is 0 Å². The minimum Gasteiger partial charge on any atom is -0.368 e. The summed E-state index contributed by atoms with van der Waals surface area (Å²) in [5, 5.41) is 0. The summed E-state index contributed by atoms with van der Waals surface area (Å²) >= 11 is 1.48. The van der Waals surface area contributed by atoms with Gasteiger partial charge in [0, 0.05) is 30.9 Å². The van der Waals surface area contributed by atoms with Crippen molar-refractivity contribution in [3.8, 4) is 0 Å². The van der Waals surface area contributed by atoms with Crippen LogP contribution in [-0.2, 0) is 0 Å². The van der Waals surface area contributed by atoms with Gasteiger partial charge in [0.05, 0.1) is 6.34 Å². The molecule has 1 aromatic carbocycles. The summed E-state index contributed by atoms with van der Waals surface area (Å²) in [6, 6.07) is 10.1. The molecule has 0 heterocycles. The van der Waals surface area contributed by atoms with Crippen molar-refractivity contribution in [1.29, 1.82) is 0 Å². The van der Waals surface area contributed by atoms with Crippen LogP contribution in [0.1, 0.15) is 0 Å². The third-order valence-corrected chi connectivity index (χ3v) is 1.86. The van der Waals surface area contributed by atoms with Gasteiger partial charge >= 0.3 is 0 Å². The Morgan fingerprint density at radius 2 is 1.92 bits per heavy atom. The standard InChI is InChI=1S/C9H12N2S/c1-11(2)8-10-12-9-6-4-3-5-7-9/h3-8H,1-2H3. The van der Waals surface area contributed by atoms with Gasteiger partial charge in [-0.15, -0.1) is 0 Å². The number of rotatable bonds is 3. The molecule has 0 aliphatic carbocycles. The first-order chi connectivity index (χ1) is 5.79. The molecule has 12 heavy (non-hydrogen) atoms. The topological polar surface area (TPSA) is 15.6 Å². The van der Waals surface area contributed by atoms with E-state index in [1.807, 2.05) is 49.3 Å². The molecule has 0 spiro atoms. The van der Waals surface area contributed by atoms with Crippen LogP contribution in [0.2, 0.25) is 0 Å². The summed E-state index contributed by atoms with van der Waals surface area (Å²) in [6.07, 6.45) is 1.79. The number of nitrogens with zero attached hydrogens (tertiary/aromatic N) is 2. The highest BCUT2D eigenvalue weighted by molar-refractivity contribution is 7.98. The zero-order valence-corrected chi connectivity index (χ0v) is 8.08. The van der Waals surface area contributed by atoms with Gasteiger partial charge in [0.2, 0.25) is 0 Å². The molecule has 0 atom stereocenters. The van der Waals surface area contributed by atoms with Crippen molar-refractivity contribution in [2.45, 2.75) is 4.90 Å². The van der Waals surface area contributed by atoms with E-state index >= 15 is 0 Å². The van der Waals surface area contributed by atoms with E-state index in [0.717, 1.165) is 4.90 Å². The molecule has 2 nitrogen and oxygen atoms in total. The normalized spacial score (nSPS) is 10.5. The largest absolute Gasteiger partial charge is 0.368 e. The first-order valence-electron chi connectivity index (χ1n) is 3.71. The van der Waals surface area contributed by atoms with Crippen molar-refractivity contribution < 1.29 is 0 Å². The molecule has 0 unspecified atom stereocenters. The molecule has 0 aliphatic heterocycles. The van der Waals surface area contributed by atoms with Crippen LogP contribution in [0.25, 0.3) is 0 Å². The van der Waals surface area contributed by atoms with Gasteiger partial charge in [-0.05, 0) is 12.1 Å². The Balaban J connectivity index is 2.43. The molecule has 0 amide bonds. The predicted molar refractivity (Wildman–Crippen MR) is 54.5 cm³/mol. The van der Waals surface area contributed by atoms with Gasteiger partial charge in [-0.25, -0.2) is 4.40 Å². The van der Waals surface area contributed by atoms with E-state index in [1.165, 1.54) is 11.9 Å². The van der Waals surface area contributed by atoms with Gasteiger partial charge in [-0.3, -0.25) is 0 Å². The van der Waals surface area contributed by atoms with Crippen molar-refractivity contribution in [2.75, 3.05) is 14.1 Å². The van der Waals surface area contributed by atoms with E-state index in [1.54, 1.807) is 6.34 Å². The Kier molecular flexibility index (Phi) is 3.67. The summed E-state index contributed by atoms with van der Waals surface area (Å²) in [4.78, 5) is 3.08. The lowest BCUT2D eigenvalue weighted by Crippen LogP contribution is -2.06. The van der Waals surface area contributed by atoms with Gasteiger partial charge in [0.25, 0.3) is 0 Å². The molecule has 0 saturated carbocycles. The zero-order chi connectivity index (χ0) is 8.81. The Labute approximate surface area is 77.4 Å². The lowest BCUT2D eigenvalue weighted by atomic mass is 10.4. The molecule has 0 aromatic heterocycles. The molecular weight excluding hydrogens is 168 g/mol. The van der Waals surface area contributed by atoms with Crippen LogP contribution in [-0.4, -0.2) is 25.3 Å². The van der Waals surface area contributed by atoms with Crippen molar-refractivity contribution in [1.82, 2.24) is 4.90 Å². The van der Waals surface area contributed by atoms with E-state index in [-0.39, 0.29) is 0 Å². The van der Waals surface area contributed by atoms with E-state index in [4.69, 9.17) is 0 Å². The first-order valence-corrected chi connectivity index (χ1v) is 4.48. The number of benzene rings is 1. The van der Waals surface area contributed by atoms with Crippen molar-refractivity contribution >= 4 is 18.3 Å². The molecule has 0 N–H and O–H groups in total. The Hall–Kier alpha value is -0.960. The predicted octanol–water partition coefficient (Wildman–Crippen LogP) is 2.28. The third-order valence-electron chi connectivity index (χ3n) is 1.18. The minimum absolute atomic E-state index is 1.16. The second-order valence-corrected chi connectivity index (χ2v) is 3.45. The lowest BCUT2D eigenvalue weighted by molar-refractivity contribution is 0.645. The molecule has 0 aliphatic rings. The molecule has 0 saturated heterocycles. The number of hydrogen-bond donors (Lipinski definition) is 0. The van der Waals surface area contributed by atoms with E-state index in [2.05, 4.69) is 4.40 Å². The average Bonchev–Trinajstić information content (AvgIpc) is 2.05. The Morgan fingerprint density at radius 1 is 1.25 bits per heavy atom. The Bertz CT molecular complexity index is 244. The SMILES string of the molecule is CN(C)C=NSc1ccccc1. The first kappa shape index (κ1) is 9.13. The van der Waals surface area contributed by atoms with Crippen molar-refractivity contribution in [3.63, 3.8) is 0 Å². The molecule has 64 valence electrons. The maximum atomic E-state index is 4.16. The van der Waals surface area contributed by atoms with Gasteiger partial charge in [-0.2, -0.15) is 0 Å². The second-order valence-electron chi connectivity index (χ2n) is 2.59. The van der Waals surface area contributed by atoms with Gasteiger partial charge in [-0.1, -0.05) is 18.2 Å². The summed E-state index contributed by atoms with van der Waals surface area (Å²) in [5.41, 5.74) is 0. The highest BCUT2D eigenvalue weighted by atomic mass is 32.2. The Morgan fingerprint density at radius 3 is 2.50 bits per heavy atom. The summed E-state index contributed by atoms with van der Waals surface area (Å²) < 4.78 is 4.16. The fourth-order valence-electron chi connectivity index (χ4n) is 0.660. The molecule has 1 rings (SSSR count). The van der Waals surface area contributed by atoms with Crippen LogP contribution in [0.3, 0.4) is 0 Å². The van der Waals surface area contributed by atoms with Crippen LogP contribution < -0.4 is 0 Å². The van der Waals surface area contributed by atoms with Crippen LogP contribution >= 0.6 is 11.9 Å². The minimum atomic E-state index is 1.16. The zero-order valence-electron chi connectivity index (χ0n) is 7.27. The molecule has 1 aromatic rings. The van der Waals surface area contributed by atoms with E-state index in [9.17, 15) is 0 Å². The van der Waals surface area contributed by atoms with Crippen LogP contribution in [0.15, 0.2) is 39.6 Å². The smallest absolute Gasteiger partial charge is 0.0988 e. The molecule has 0 radical (unpaired) electrons. The van der Waals surface area contributed by atoms with E-state index < -0.39 is 0 Å².